The molecule has 2 heterocycles. The van der Waals surface area contributed by atoms with Crippen LogP contribution in [0.25, 0.3) is 0 Å². The zero-order valence-electron chi connectivity index (χ0n) is 15.3. The zero-order valence-corrected chi connectivity index (χ0v) is 17.0. The topological polar surface area (TPSA) is 97.3 Å². The SMILES string of the molecule is CC(=NOCC(=O)Nc1cccc(S(=O)(=O)N2CCOCC2)c1)c1cccs1. The second-order valence-corrected chi connectivity index (χ2v) is 8.91. The summed E-state index contributed by atoms with van der Waals surface area (Å²) in [7, 11) is -3.62. The van der Waals surface area contributed by atoms with Gasteiger partial charge < -0.3 is 14.9 Å². The largest absolute Gasteiger partial charge is 0.385 e. The van der Waals surface area contributed by atoms with E-state index in [2.05, 4.69) is 10.5 Å². The lowest BCUT2D eigenvalue weighted by atomic mass is 10.3. The van der Waals surface area contributed by atoms with Crippen LogP contribution >= 0.6 is 11.3 Å². The Bertz CT molecular complexity index is 936. The van der Waals surface area contributed by atoms with E-state index in [9.17, 15) is 13.2 Å². The number of thiophene rings is 1. The van der Waals surface area contributed by atoms with Gasteiger partial charge in [-0.3, -0.25) is 4.79 Å². The number of hydrogen-bond acceptors (Lipinski definition) is 7. The lowest BCUT2D eigenvalue weighted by Gasteiger charge is -2.26. The van der Waals surface area contributed by atoms with Gasteiger partial charge in [0.05, 0.1) is 28.7 Å². The van der Waals surface area contributed by atoms with E-state index in [0.717, 1.165) is 4.88 Å². The van der Waals surface area contributed by atoms with E-state index < -0.39 is 15.9 Å². The van der Waals surface area contributed by atoms with E-state index in [-0.39, 0.29) is 11.5 Å². The maximum Gasteiger partial charge on any atom is 0.265 e. The molecule has 1 aromatic carbocycles. The van der Waals surface area contributed by atoms with Gasteiger partial charge in [0.25, 0.3) is 5.91 Å². The Morgan fingerprint density at radius 1 is 1.29 bits per heavy atom. The summed E-state index contributed by atoms with van der Waals surface area (Å²) in [5, 5.41) is 8.48. The molecule has 1 N–H and O–H groups in total. The summed E-state index contributed by atoms with van der Waals surface area (Å²) in [5.41, 5.74) is 1.06. The van der Waals surface area contributed by atoms with E-state index in [4.69, 9.17) is 9.57 Å². The predicted octanol–water partition coefficient (Wildman–Crippen LogP) is 2.15. The summed E-state index contributed by atoms with van der Waals surface area (Å²) in [5.74, 6) is -0.427. The van der Waals surface area contributed by atoms with Gasteiger partial charge in [-0.1, -0.05) is 17.3 Å². The van der Waals surface area contributed by atoms with E-state index in [0.29, 0.717) is 37.7 Å². The van der Waals surface area contributed by atoms with Crippen LogP contribution in [-0.2, 0) is 24.4 Å². The number of ether oxygens (including phenoxy) is 1. The van der Waals surface area contributed by atoms with E-state index in [1.807, 2.05) is 17.5 Å². The second-order valence-electron chi connectivity index (χ2n) is 6.02. The molecule has 150 valence electrons. The fourth-order valence-corrected chi connectivity index (χ4v) is 4.71. The summed E-state index contributed by atoms with van der Waals surface area (Å²) in [6.07, 6.45) is 0. The molecule has 0 aliphatic carbocycles. The number of nitrogens with zero attached hydrogens (tertiary/aromatic N) is 2. The smallest absolute Gasteiger partial charge is 0.265 e. The Morgan fingerprint density at radius 3 is 2.79 bits per heavy atom. The molecular weight excluding hydrogens is 402 g/mol. The third kappa shape index (κ3) is 5.16. The minimum absolute atomic E-state index is 0.125. The van der Waals surface area contributed by atoms with Gasteiger partial charge in [0.2, 0.25) is 10.0 Å². The highest BCUT2D eigenvalue weighted by Crippen LogP contribution is 2.20. The van der Waals surface area contributed by atoms with Crippen molar-refractivity contribution in [1.29, 1.82) is 0 Å². The molecule has 0 saturated carbocycles. The number of amides is 1. The van der Waals surface area contributed by atoms with Gasteiger partial charge in [-0.05, 0) is 36.6 Å². The molecule has 0 bridgehead atoms. The van der Waals surface area contributed by atoms with Crippen molar-refractivity contribution in [3.8, 4) is 0 Å². The number of oxime groups is 1. The molecule has 1 aliphatic rings. The van der Waals surface area contributed by atoms with Gasteiger partial charge in [-0.15, -0.1) is 11.3 Å². The average Bonchev–Trinajstić information content (AvgIpc) is 3.24. The third-order valence-electron chi connectivity index (χ3n) is 4.00. The molecule has 0 spiro atoms. The Kier molecular flexibility index (Phi) is 6.79. The first kappa shape index (κ1) is 20.5. The monoisotopic (exact) mass is 423 g/mol. The fourth-order valence-electron chi connectivity index (χ4n) is 2.58. The second kappa shape index (κ2) is 9.28. The maximum absolute atomic E-state index is 12.7. The Labute approximate surface area is 167 Å². The van der Waals surface area contributed by atoms with Crippen LogP contribution in [0.5, 0.6) is 0 Å². The van der Waals surface area contributed by atoms with Crippen LogP contribution in [0.2, 0.25) is 0 Å². The first-order valence-electron chi connectivity index (χ1n) is 8.65. The number of benzene rings is 1. The molecule has 0 radical (unpaired) electrons. The zero-order chi connectivity index (χ0) is 20.0. The molecule has 0 unspecified atom stereocenters. The average molecular weight is 424 g/mol. The number of sulfonamides is 1. The Balaban J connectivity index is 1.59. The molecule has 1 aromatic heterocycles. The lowest BCUT2D eigenvalue weighted by Crippen LogP contribution is -2.40. The van der Waals surface area contributed by atoms with Crippen LogP contribution < -0.4 is 5.32 Å². The fraction of sp³-hybridized carbons (Fsp3) is 0.333. The number of carbonyl (C=O) groups excluding carboxylic acids is 1. The van der Waals surface area contributed by atoms with Crippen LogP contribution in [0.3, 0.4) is 0 Å². The van der Waals surface area contributed by atoms with Gasteiger partial charge in [-0.25, -0.2) is 8.42 Å². The maximum atomic E-state index is 12.7. The van der Waals surface area contributed by atoms with Gasteiger partial charge >= 0.3 is 0 Å². The summed E-state index contributed by atoms with van der Waals surface area (Å²) in [6.45, 7) is 2.90. The van der Waals surface area contributed by atoms with Gasteiger partial charge in [0.15, 0.2) is 6.61 Å². The summed E-state index contributed by atoms with van der Waals surface area (Å²) in [4.78, 5) is 18.2. The highest BCUT2D eigenvalue weighted by atomic mass is 32.2. The number of carbonyl (C=O) groups is 1. The highest BCUT2D eigenvalue weighted by Gasteiger charge is 2.26. The highest BCUT2D eigenvalue weighted by molar-refractivity contribution is 7.89. The van der Waals surface area contributed by atoms with Gasteiger partial charge in [-0.2, -0.15) is 4.31 Å². The number of morpholine rings is 1. The predicted molar refractivity (Wildman–Crippen MR) is 107 cm³/mol. The molecule has 8 nitrogen and oxygen atoms in total. The number of nitrogens with one attached hydrogen (secondary N) is 1. The van der Waals surface area contributed by atoms with Gasteiger partial charge in [0, 0.05) is 18.8 Å². The van der Waals surface area contributed by atoms with Gasteiger partial charge in [0.1, 0.15) is 0 Å². The van der Waals surface area contributed by atoms with Crippen molar-refractivity contribution in [1.82, 2.24) is 4.31 Å². The molecule has 10 heteroatoms. The normalized spacial score (nSPS) is 16.0. The molecular formula is C18H21N3O5S2. The van der Waals surface area contributed by atoms with E-state index in [1.165, 1.54) is 27.8 Å². The lowest BCUT2D eigenvalue weighted by molar-refractivity contribution is -0.120. The number of hydrogen-bond donors (Lipinski definition) is 1. The van der Waals surface area contributed by atoms with Crippen molar-refractivity contribution >= 4 is 38.7 Å². The van der Waals surface area contributed by atoms with E-state index >= 15 is 0 Å². The molecule has 0 atom stereocenters. The third-order valence-corrected chi connectivity index (χ3v) is 6.87. The summed E-state index contributed by atoms with van der Waals surface area (Å²) in [6, 6.07) is 9.96. The van der Waals surface area contributed by atoms with Crippen molar-refractivity contribution in [2.75, 3.05) is 38.2 Å². The van der Waals surface area contributed by atoms with Crippen LogP contribution in [-0.4, -0.2) is 57.3 Å². The first-order valence-corrected chi connectivity index (χ1v) is 11.0. The van der Waals surface area contributed by atoms with Crippen molar-refractivity contribution in [3.05, 3.63) is 46.7 Å². The molecule has 3 rings (SSSR count). The van der Waals surface area contributed by atoms with E-state index in [1.54, 1.807) is 19.1 Å². The summed E-state index contributed by atoms with van der Waals surface area (Å²) >= 11 is 1.53. The van der Waals surface area contributed by atoms with Crippen molar-refractivity contribution in [2.24, 2.45) is 5.16 Å². The van der Waals surface area contributed by atoms with Crippen LogP contribution in [0.1, 0.15) is 11.8 Å². The minimum Gasteiger partial charge on any atom is -0.385 e. The number of anilines is 1. The molecule has 2 aromatic rings. The molecule has 1 aliphatic heterocycles. The standard InChI is InChI=1S/C18H21N3O5S2/c1-14(17-6-3-11-27-17)20-26-13-18(22)19-15-4-2-5-16(12-15)28(23,24)21-7-9-25-10-8-21/h2-6,11-12H,7-10,13H2,1H3,(H,19,22). The summed E-state index contributed by atoms with van der Waals surface area (Å²) < 4.78 is 32.0. The van der Waals surface area contributed by atoms with Crippen molar-refractivity contribution < 1.29 is 22.8 Å². The van der Waals surface area contributed by atoms with Crippen molar-refractivity contribution in [2.45, 2.75) is 11.8 Å². The molecule has 1 saturated heterocycles. The van der Waals surface area contributed by atoms with Crippen molar-refractivity contribution in [3.63, 3.8) is 0 Å². The molecule has 28 heavy (non-hydrogen) atoms. The minimum atomic E-state index is -3.62. The number of rotatable bonds is 7. The van der Waals surface area contributed by atoms with Crippen LogP contribution in [0.4, 0.5) is 5.69 Å². The molecule has 1 fully saturated rings. The molecule has 1 amide bonds. The Hall–Kier alpha value is -2.27. The Morgan fingerprint density at radius 2 is 2.07 bits per heavy atom. The van der Waals surface area contributed by atoms with Crippen LogP contribution in [0, 0.1) is 0 Å². The quantitative estimate of drug-likeness (QED) is 0.544. The first-order chi connectivity index (χ1) is 13.5. The van der Waals surface area contributed by atoms with Crippen LogP contribution in [0.15, 0.2) is 51.8 Å².